The average Bonchev–Trinajstić information content (AvgIpc) is 3.38. The highest BCUT2D eigenvalue weighted by molar-refractivity contribution is 5.87. The minimum atomic E-state index is -1.06. The fourth-order valence-electron chi connectivity index (χ4n) is 3.47. The van der Waals surface area contributed by atoms with Gasteiger partial charge in [0.25, 0.3) is 11.2 Å². The third-order valence-electron chi connectivity index (χ3n) is 5.48. The third-order valence-corrected chi connectivity index (χ3v) is 5.48. The molecule has 2 aromatic carbocycles. The van der Waals surface area contributed by atoms with Gasteiger partial charge >= 0.3 is 5.97 Å². The summed E-state index contributed by atoms with van der Waals surface area (Å²) < 4.78 is 6.99. The molecule has 2 heterocycles. The number of rotatable bonds is 6. The van der Waals surface area contributed by atoms with Crippen molar-refractivity contribution in [3.05, 3.63) is 96.9 Å². The summed E-state index contributed by atoms with van der Waals surface area (Å²) in [5, 5.41) is 23.5. The minimum absolute atomic E-state index is 0.0636. The number of hydrogen-bond donors (Lipinski definition) is 2. The van der Waals surface area contributed by atoms with Crippen LogP contribution in [0.25, 0.3) is 17.0 Å². The molecule has 4 rings (SSSR count). The number of aromatic amines is 1. The van der Waals surface area contributed by atoms with Crippen molar-refractivity contribution in [1.29, 1.82) is 0 Å². The number of aliphatic imine (C=N–C) groups is 1. The molecule has 10 heteroatoms. The predicted molar refractivity (Wildman–Crippen MR) is 126 cm³/mol. The lowest BCUT2D eigenvalue weighted by molar-refractivity contribution is -0.384. The molecule has 2 N–H and O–H groups in total. The normalized spacial score (nSPS) is 11.3. The highest BCUT2D eigenvalue weighted by Gasteiger charge is 2.20. The van der Waals surface area contributed by atoms with E-state index < -0.39 is 10.9 Å². The maximum Gasteiger partial charge on any atom is 0.335 e. The standard InChI is InChI=1S/C24H20N4O6/c1-13-10-18(20(28(32)33)11-14(13)2)21-8-9-22(34-21)25-12-19-15(3)26-27(23(19)29)17-6-4-16(5-7-17)24(30)31/h4-12,26H,1-3H3,(H,30,31)/b25-12+. The Labute approximate surface area is 192 Å². The molecule has 0 amide bonds. The highest BCUT2D eigenvalue weighted by Crippen LogP contribution is 2.35. The van der Waals surface area contributed by atoms with E-state index in [0.29, 0.717) is 22.7 Å². The Morgan fingerprint density at radius 2 is 1.79 bits per heavy atom. The van der Waals surface area contributed by atoms with E-state index >= 15 is 0 Å². The third kappa shape index (κ3) is 4.16. The fraction of sp³-hybridized carbons (Fsp3) is 0.125. The lowest BCUT2D eigenvalue weighted by Crippen LogP contribution is -2.17. The van der Waals surface area contributed by atoms with Crippen LogP contribution < -0.4 is 5.56 Å². The number of furan rings is 1. The lowest BCUT2D eigenvalue weighted by atomic mass is 10.0. The molecule has 0 aliphatic heterocycles. The van der Waals surface area contributed by atoms with E-state index in [1.165, 1.54) is 41.2 Å². The number of nitrogens with one attached hydrogen (secondary N) is 1. The Balaban J connectivity index is 1.64. The number of benzene rings is 2. The van der Waals surface area contributed by atoms with Gasteiger partial charge in [-0.2, -0.15) is 0 Å². The van der Waals surface area contributed by atoms with Crippen molar-refractivity contribution in [3.63, 3.8) is 0 Å². The Hall–Kier alpha value is -4.73. The van der Waals surface area contributed by atoms with Gasteiger partial charge in [0.2, 0.25) is 5.88 Å². The number of nitrogens with zero attached hydrogens (tertiary/aromatic N) is 3. The quantitative estimate of drug-likeness (QED) is 0.242. The molecule has 0 saturated carbocycles. The van der Waals surface area contributed by atoms with Crippen LogP contribution >= 0.6 is 0 Å². The van der Waals surface area contributed by atoms with Crippen molar-refractivity contribution in [2.75, 3.05) is 0 Å². The second kappa shape index (κ2) is 8.66. The molecule has 2 aromatic heterocycles. The Bertz CT molecular complexity index is 1510. The van der Waals surface area contributed by atoms with E-state index in [-0.39, 0.29) is 28.3 Å². The minimum Gasteiger partial charge on any atom is -0.478 e. The molecule has 0 radical (unpaired) electrons. The van der Waals surface area contributed by atoms with Crippen molar-refractivity contribution < 1.29 is 19.2 Å². The first-order chi connectivity index (χ1) is 16.2. The number of aryl methyl sites for hydroxylation is 3. The second-order valence-electron chi connectivity index (χ2n) is 7.75. The van der Waals surface area contributed by atoms with Crippen LogP contribution in [0.3, 0.4) is 0 Å². The van der Waals surface area contributed by atoms with E-state index in [2.05, 4.69) is 10.1 Å². The first-order valence-corrected chi connectivity index (χ1v) is 10.2. The molecule has 4 aromatic rings. The zero-order valence-corrected chi connectivity index (χ0v) is 18.5. The molecule has 0 aliphatic rings. The molecule has 0 aliphatic carbocycles. The maximum atomic E-state index is 12.9. The molecule has 0 fully saturated rings. The summed E-state index contributed by atoms with van der Waals surface area (Å²) in [7, 11) is 0. The molecule has 0 spiro atoms. The summed E-state index contributed by atoms with van der Waals surface area (Å²) in [6.45, 7) is 5.37. The van der Waals surface area contributed by atoms with Crippen LogP contribution in [0.1, 0.15) is 32.7 Å². The molecule has 0 atom stereocenters. The Kier molecular flexibility index (Phi) is 5.72. The summed E-state index contributed by atoms with van der Waals surface area (Å²) >= 11 is 0. The number of hydrogen-bond acceptors (Lipinski definition) is 6. The van der Waals surface area contributed by atoms with Gasteiger partial charge in [-0.25, -0.2) is 14.5 Å². The first kappa shape index (κ1) is 22.5. The van der Waals surface area contributed by atoms with Crippen LogP contribution in [-0.2, 0) is 0 Å². The topological polar surface area (TPSA) is 144 Å². The van der Waals surface area contributed by atoms with Crippen LogP contribution in [-0.4, -0.2) is 32.0 Å². The van der Waals surface area contributed by atoms with Crippen LogP contribution in [0.15, 0.2) is 62.7 Å². The number of carboxylic acid groups (broad SMARTS) is 1. The lowest BCUT2D eigenvalue weighted by Gasteiger charge is -2.04. The number of aromatic carboxylic acids is 1. The molecule has 0 unspecified atom stereocenters. The van der Waals surface area contributed by atoms with E-state index in [0.717, 1.165) is 11.1 Å². The fourth-order valence-corrected chi connectivity index (χ4v) is 3.47. The first-order valence-electron chi connectivity index (χ1n) is 10.2. The summed E-state index contributed by atoms with van der Waals surface area (Å²) in [4.78, 5) is 39.2. The van der Waals surface area contributed by atoms with Gasteiger partial charge in [-0.05, 0) is 68.3 Å². The van der Waals surface area contributed by atoms with E-state index in [4.69, 9.17) is 9.52 Å². The van der Waals surface area contributed by atoms with E-state index in [1.807, 2.05) is 6.92 Å². The van der Waals surface area contributed by atoms with Crippen LogP contribution in [0.4, 0.5) is 11.6 Å². The van der Waals surface area contributed by atoms with Gasteiger partial charge in [-0.3, -0.25) is 20.0 Å². The van der Waals surface area contributed by atoms with Gasteiger partial charge in [-0.15, -0.1) is 0 Å². The molecular weight excluding hydrogens is 440 g/mol. The zero-order valence-electron chi connectivity index (χ0n) is 18.5. The van der Waals surface area contributed by atoms with Gasteiger partial charge in [0.15, 0.2) is 0 Å². The molecule has 0 saturated heterocycles. The van der Waals surface area contributed by atoms with Crippen LogP contribution in [0.5, 0.6) is 0 Å². The average molecular weight is 460 g/mol. The van der Waals surface area contributed by atoms with Gasteiger partial charge < -0.3 is 9.52 Å². The smallest absolute Gasteiger partial charge is 0.335 e. The number of H-pyrrole nitrogens is 1. The molecule has 0 bridgehead atoms. The highest BCUT2D eigenvalue weighted by atomic mass is 16.6. The molecular formula is C24H20N4O6. The summed E-state index contributed by atoms with van der Waals surface area (Å²) in [5.74, 6) is -0.582. The van der Waals surface area contributed by atoms with Gasteiger partial charge in [0.1, 0.15) is 5.76 Å². The van der Waals surface area contributed by atoms with Crippen LogP contribution in [0, 0.1) is 30.9 Å². The number of nitro groups is 1. The molecule has 172 valence electrons. The number of aromatic nitrogens is 2. The monoisotopic (exact) mass is 460 g/mol. The van der Waals surface area contributed by atoms with Gasteiger partial charge in [0.05, 0.1) is 27.3 Å². The SMILES string of the molecule is Cc1cc(-c2ccc(/N=C/c3c(C)[nH]n(-c4ccc(C(=O)O)cc4)c3=O)o2)c([N+](=O)[O-])cc1C. The Morgan fingerprint density at radius 3 is 2.44 bits per heavy atom. The van der Waals surface area contributed by atoms with Crippen molar-refractivity contribution in [1.82, 2.24) is 9.78 Å². The molecule has 10 nitrogen and oxygen atoms in total. The van der Waals surface area contributed by atoms with Crippen molar-refractivity contribution in [2.45, 2.75) is 20.8 Å². The van der Waals surface area contributed by atoms with Crippen LogP contribution in [0.2, 0.25) is 0 Å². The Morgan fingerprint density at radius 1 is 1.12 bits per heavy atom. The van der Waals surface area contributed by atoms with Crippen molar-refractivity contribution in [3.8, 4) is 17.0 Å². The summed E-state index contributed by atoms with van der Waals surface area (Å²) in [5.41, 5.74) is 3.02. The van der Waals surface area contributed by atoms with Crippen molar-refractivity contribution >= 4 is 23.8 Å². The largest absolute Gasteiger partial charge is 0.478 e. The number of carboxylic acids is 1. The van der Waals surface area contributed by atoms with E-state index in [9.17, 15) is 19.7 Å². The predicted octanol–water partition coefficient (Wildman–Crippen LogP) is 4.71. The van der Waals surface area contributed by atoms with Crippen molar-refractivity contribution in [2.24, 2.45) is 4.99 Å². The van der Waals surface area contributed by atoms with Gasteiger partial charge in [0, 0.05) is 24.0 Å². The van der Waals surface area contributed by atoms with Gasteiger partial charge in [-0.1, -0.05) is 0 Å². The summed E-state index contributed by atoms with van der Waals surface area (Å²) in [6, 6.07) is 12.2. The summed E-state index contributed by atoms with van der Waals surface area (Å²) in [6.07, 6.45) is 1.35. The second-order valence-corrected chi connectivity index (χ2v) is 7.75. The van der Waals surface area contributed by atoms with E-state index in [1.54, 1.807) is 32.0 Å². The number of nitro benzene ring substituents is 1. The zero-order chi connectivity index (χ0) is 24.6. The molecule has 34 heavy (non-hydrogen) atoms. The maximum absolute atomic E-state index is 12.9. The number of carbonyl (C=O) groups is 1.